The molecule has 0 aliphatic heterocycles. The van der Waals surface area contributed by atoms with Gasteiger partial charge in [0, 0.05) is 11.1 Å². The minimum atomic E-state index is -1.50. The van der Waals surface area contributed by atoms with E-state index in [4.69, 9.17) is 4.74 Å². The highest BCUT2D eigenvalue weighted by Gasteiger charge is 2.44. The summed E-state index contributed by atoms with van der Waals surface area (Å²) in [7, 11) is 0. The topological polar surface area (TPSA) is 60.4 Å². The molecule has 24 heavy (non-hydrogen) atoms. The molecule has 2 aromatic rings. The van der Waals surface area contributed by atoms with Gasteiger partial charge in [-0.15, -0.1) is 0 Å². The number of Topliss-reactive ketones (excluding diaryl/α,β-unsaturated/α-hetero) is 2. The highest BCUT2D eigenvalue weighted by molar-refractivity contribution is 6.20. The smallest absolute Gasteiger partial charge is 0.307 e. The van der Waals surface area contributed by atoms with Crippen LogP contribution in [0.3, 0.4) is 0 Å². The molecule has 0 heterocycles. The lowest BCUT2D eigenvalue weighted by Crippen LogP contribution is -2.39. The minimum absolute atomic E-state index is 0.202. The van der Waals surface area contributed by atoms with E-state index in [9.17, 15) is 14.4 Å². The number of benzene rings is 2. The Morgan fingerprint density at radius 2 is 1.25 bits per heavy atom. The largest absolute Gasteiger partial charge is 0.466 e. The molecule has 0 N–H and O–H groups in total. The Morgan fingerprint density at radius 3 is 1.62 bits per heavy atom. The van der Waals surface area contributed by atoms with E-state index in [-0.39, 0.29) is 24.6 Å². The Morgan fingerprint density at radius 1 is 0.833 bits per heavy atom. The molecule has 4 heteroatoms. The number of hydrogen-bond donors (Lipinski definition) is 0. The van der Waals surface area contributed by atoms with Crippen LogP contribution in [0.2, 0.25) is 0 Å². The second kappa shape index (κ2) is 7.68. The van der Waals surface area contributed by atoms with E-state index < -0.39 is 11.4 Å². The van der Waals surface area contributed by atoms with Crippen LogP contribution < -0.4 is 0 Å². The van der Waals surface area contributed by atoms with Gasteiger partial charge in [0.25, 0.3) is 0 Å². The van der Waals surface area contributed by atoms with Crippen LogP contribution in [-0.4, -0.2) is 24.1 Å². The third-order valence-corrected chi connectivity index (χ3v) is 3.88. The van der Waals surface area contributed by atoms with E-state index in [0.29, 0.717) is 11.1 Å². The van der Waals surface area contributed by atoms with Crippen LogP contribution in [0.4, 0.5) is 0 Å². The fourth-order valence-corrected chi connectivity index (χ4v) is 2.58. The summed E-state index contributed by atoms with van der Waals surface area (Å²) in [5.41, 5.74) is -0.711. The van der Waals surface area contributed by atoms with Crippen LogP contribution in [-0.2, 0) is 9.53 Å². The normalized spacial score (nSPS) is 10.9. The lowest BCUT2D eigenvalue weighted by Gasteiger charge is -2.26. The Bertz CT molecular complexity index is 668. The van der Waals surface area contributed by atoms with Gasteiger partial charge >= 0.3 is 5.97 Å². The maximum atomic E-state index is 13.0. The number of hydrogen-bond acceptors (Lipinski definition) is 4. The van der Waals surface area contributed by atoms with E-state index in [1.807, 2.05) is 0 Å². The van der Waals surface area contributed by atoms with Gasteiger partial charge in [0.1, 0.15) is 5.41 Å². The maximum Gasteiger partial charge on any atom is 0.307 e. The fraction of sp³-hybridized carbons (Fsp3) is 0.250. The zero-order valence-corrected chi connectivity index (χ0v) is 13.8. The predicted octanol–water partition coefficient (Wildman–Crippen LogP) is 3.71. The Balaban J connectivity index is 2.43. The number of ether oxygens (including phenoxy) is 1. The molecular weight excluding hydrogens is 304 g/mol. The lowest BCUT2D eigenvalue weighted by atomic mass is 9.73. The third kappa shape index (κ3) is 3.77. The molecular formula is C20H20O4. The fourth-order valence-electron chi connectivity index (χ4n) is 2.58. The molecule has 0 bridgehead atoms. The van der Waals surface area contributed by atoms with E-state index in [2.05, 4.69) is 0 Å². The van der Waals surface area contributed by atoms with Gasteiger partial charge in [-0.3, -0.25) is 14.4 Å². The first-order valence-electron chi connectivity index (χ1n) is 7.84. The van der Waals surface area contributed by atoms with Crippen LogP contribution >= 0.6 is 0 Å². The monoisotopic (exact) mass is 324 g/mol. The SMILES string of the molecule is CCOC(=O)CC(C)(C(=O)c1ccccc1)C(=O)c1ccccc1. The Hall–Kier alpha value is -2.75. The molecule has 0 saturated heterocycles. The van der Waals surface area contributed by atoms with Gasteiger partial charge < -0.3 is 4.74 Å². The molecule has 0 saturated carbocycles. The first kappa shape index (κ1) is 17.6. The molecule has 2 aromatic carbocycles. The van der Waals surface area contributed by atoms with E-state index in [0.717, 1.165) is 0 Å². The van der Waals surface area contributed by atoms with Crippen LogP contribution in [0.15, 0.2) is 60.7 Å². The number of carbonyl (C=O) groups is 3. The number of carbonyl (C=O) groups excluding carboxylic acids is 3. The maximum absolute atomic E-state index is 13.0. The number of rotatable bonds is 7. The van der Waals surface area contributed by atoms with Crippen LogP contribution in [0.5, 0.6) is 0 Å². The molecule has 4 nitrogen and oxygen atoms in total. The first-order valence-corrected chi connectivity index (χ1v) is 7.84. The molecule has 0 fully saturated rings. The summed E-state index contributed by atoms with van der Waals surface area (Å²) in [6.07, 6.45) is -0.289. The third-order valence-electron chi connectivity index (χ3n) is 3.88. The van der Waals surface area contributed by atoms with Gasteiger partial charge in [-0.2, -0.15) is 0 Å². The molecule has 0 amide bonds. The summed E-state index contributed by atoms with van der Waals surface area (Å²) in [5.74, 6) is -1.33. The quantitative estimate of drug-likeness (QED) is 0.442. The van der Waals surface area contributed by atoms with E-state index >= 15 is 0 Å². The Labute approximate surface area is 141 Å². The van der Waals surface area contributed by atoms with Crippen molar-refractivity contribution >= 4 is 17.5 Å². The summed E-state index contributed by atoms with van der Waals surface area (Å²) >= 11 is 0. The molecule has 0 aliphatic carbocycles. The van der Waals surface area contributed by atoms with Crippen molar-refractivity contribution in [1.82, 2.24) is 0 Å². The summed E-state index contributed by atoms with van der Waals surface area (Å²) in [6, 6.07) is 17.1. The first-order chi connectivity index (χ1) is 11.5. The molecule has 0 radical (unpaired) electrons. The Kier molecular flexibility index (Phi) is 5.64. The zero-order chi connectivity index (χ0) is 17.6. The van der Waals surface area contributed by atoms with E-state index in [1.165, 1.54) is 6.92 Å². The van der Waals surface area contributed by atoms with Crippen molar-refractivity contribution in [2.24, 2.45) is 5.41 Å². The van der Waals surface area contributed by atoms with Gasteiger partial charge in [-0.05, 0) is 13.8 Å². The van der Waals surface area contributed by atoms with Crippen LogP contribution in [0, 0.1) is 5.41 Å². The van der Waals surface area contributed by atoms with E-state index in [1.54, 1.807) is 67.6 Å². The van der Waals surface area contributed by atoms with Gasteiger partial charge in [-0.25, -0.2) is 0 Å². The zero-order valence-electron chi connectivity index (χ0n) is 13.8. The van der Waals surface area contributed by atoms with Crippen molar-refractivity contribution in [2.75, 3.05) is 6.61 Å². The molecule has 0 spiro atoms. The predicted molar refractivity (Wildman–Crippen MR) is 90.9 cm³/mol. The summed E-state index contributed by atoms with van der Waals surface area (Å²) in [4.78, 5) is 38.0. The van der Waals surface area contributed by atoms with Crippen molar-refractivity contribution in [3.8, 4) is 0 Å². The van der Waals surface area contributed by atoms with Crippen LogP contribution in [0.25, 0.3) is 0 Å². The molecule has 0 unspecified atom stereocenters. The van der Waals surface area contributed by atoms with Gasteiger partial charge in [0.15, 0.2) is 11.6 Å². The lowest BCUT2D eigenvalue weighted by molar-refractivity contribution is -0.144. The van der Waals surface area contributed by atoms with Gasteiger partial charge in [0.05, 0.1) is 13.0 Å². The molecule has 124 valence electrons. The average Bonchev–Trinajstić information content (AvgIpc) is 2.62. The second-order valence-electron chi connectivity index (χ2n) is 5.70. The molecule has 2 rings (SSSR count). The van der Waals surface area contributed by atoms with Crippen molar-refractivity contribution < 1.29 is 19.1 Å². The van der Waals surface area contributed by atoms with Gasteiger partial charge in [-0.1, -0.05) is 60.7 Å². The minimum Gasteiger partial charge on any atom is -0.466 e. The second-order valence-corrected chi connectivity index (χ2v) is 5.70. The summed E-state index contributed by atoms with van der Waals surface area (Å²) in [6.45, 7) is 3.40. The number of esters is 1. The van der Waals surface area contributed by atoms with Crippen LogP contribution in [0.1, 0.15) is 41.0 Å². The van der Waals surface area contributed by atoms with Crippen molar-refractivity contribution in [3.63, 3.8) is 0 Å². The molecule has 0 aliphatic rings. The van der Waals surface area contributed by atoms with Crippen molar-refractivity contribution in [1.29, 1.82) is 0 Å². The molecule has 0 atom stereocenters. The highest BCUT2D eigenvalue weighted by Crippen LogP contribution is 2.32. The molecule has 0 aromatic heterocycles. The van der Waals surface area contributed by atoms with Crippen molar-refractivity contribution in [3.05, 3.63) is 71.8 Å². The highest BCUT2D eigenvalue weighted by atomic mass is 16.5. The van der Waals surface area contributed by atoms with Crippen molar-refractivity contribution in [2.45, 2.75) is 20.3 Å². The summed E-state index contributed by atoms with van der Waals surface area (Å²) in [5, 5.41) is 0. The number of ketones is 2. The standard InChI is InChI=1S/C20H20O4/c1-3-24-17(21)14-20(2,18(22)15-10-6-4-7-11-15)19(23)16-12-8-5-9-13-16/h4-13H,3,14H2,1-2H3. The van der Waals surface area contributed by atoms with Gasteiger partial charge in [0.2, 0.25) is 0 Å². The summed E-state index contributed by atoms with van der Waals surface area (Å²) < 4.78 is 4.97. The average molecular weight is 324 g/mol.